The van der Waals surface area contributed by atoms with Gasteiger partial charge in [-0.25, -0.2) is 0 Å². The second kappa shape index (κ2) is 12.7. The van der Waals surface area contributed by atoms with E-state index in [1.165, 1.54) is 6.08 Å². The third-order valence-corrected chi connectivity index (χ3v) is 1.79. The van der Waals surface area contributed by atoms with Crippen LogP contribution in [-0.4, -0.2) is 37.2 Å². The van der Waals surface area contributed by atoms with Gasteiger partial charge in [-0.3, -0.25) is 9.59 Å². The molecule has 0 aliphatic heterocycles. The van der Waals surface area contributed by atoms with E-state index in [4.69, 9.17) is 9.47 Å². The molecule has 0 saturated heterocycles. The zero-order valence-corrected chi connectivity index (χ0v) is 13.5. The molecule has 0 heterocycles. The zero-order valence-electron chi connectivity index (χ0n) is 13.5. The van der Waals surface area contributed by atoms with Crippen molar-refractivity contribution in [3.05, 3.63) is 12.7 Å². The monoisotopic (exact) mass is 287 g/mol. The fourth-order valence-electron chi connectivity index (χ4n) is 1.12. The van der Waals surface area contributed by atoms with Crippen LogP contribution in [0, 0.1) is 0 Å². The summed E-state index contributed by atoms with van der Waals surface area (Å²) < 4.78 is 9.93. The number of ether oxygens (including phenoxy) is 2. The van der Waals surface area contributed by atoms with E-state index in [0.717, 1.165) is 0 Å². The van der Waals surface area contributed by atoms with Crippen molar-refractivity contribution in [1.29, 1.82) is 0 Å². The molecule has 0 unspecified atom stereocenters. The van der Waals surface area contributed by atoms with E-state index in [1.807, 2.05) is 34.6 Å². The molecule has 20 heavy (non-hydrogen) atoms. The van der Waals surface area contributed by atoms with E-state index in [1.54, 1.807) is 0 Å². The summed E-state index contributed by atoms with van der Waals surface area (Å²) in [5, 5.41) is 2.98. The summed E-state index contributed by atoms with van der Waals surface area (Å²) in [6.07, 6.45) is 2.09. The second-order valence-electron chi connectivity index (χ2n) is 4.81. The first kappa shape index (κ1) is 20.9. The van der Waals surface area contributed by atoms with Gasteiger partial charge < -0.3 is 14.8 Å². The van der Waals surface area contributed by atoms with E-state index in [9.17, 15) is 9.59 Å². The lowest BCUT2D eigenvalue weighted by Crippen LogP contribution is -2.27. The first-order chi connectivity index (χ1) is 9.35. The Morgan fingerprint density at radius 3 is 2.05 bits per heavy atom. The molecule has 0 aromatic rings. The Hall–Kier alpha value is -1.36. The van der Waals surface area contributed by atoms with E-state index in [2.05, 4.69) is 11.9 Å². The van der Waals surface area contributed by atoms with Gasteiger partial charge in [-0.15, -0.1) is 0 Å². The van der Waals surface area contributed by atoms with Crippen molar-refractivity contribution in [3.8, 4) is 0 Å². The van der Waals surface area contributed by atoms with Crippen LogP contribution in [0.2, 0.25) is 0 Å². The minimum absolute atomic E-state index is 0.233. The largest absolute Gasteiger partial charge is 0.461 e. The molecular formula is C15H29NO4. The van der Waals surface area contributed by atoms with Crippen molar-refractivity contribution in [1.82, 2.24) is 5.32 Å². The average molecular weight is 287 g/mol. The SMILES string of the molecule is C=CCOC(=O)CCNCCC(=O)OC(C)(C)C.CC. The van der Waals surface area contributed by atoms with Crippen molar-refractivity contribution < 1.29 is 19.1 Å². The third-order valence-electron chi connectivity index (χ3n) is 1.79. The Labute approximate surface area is 122 Å². The molecule has 0 saturated carbocycles. The van der Waals surface area contributed by atoms with E-state index in [-0.39, 0.29) is 25.0 Å². The lowest BCUT2D eigenvalue weighted by Gasteiger charge is -2.19. The van der Waals surface area contributed by atoms with Crippen LogP contribution in [0.15, 0.2) is 12.7 Å². The number of esters is 2. The van der Waals surface area contributed by atoms with Gasteiger partial charge in [-0.2, -0.15) is 0 Å². The molecule has 0 amide bonds. The zero-order chi connectivity index (χ0) is 16.0. The molecule has 0 bridgehead atoms. The summed E-state index contributed by atoms with van der Waals surface area (Å²) in [6.45, 7) is 14.1. The molecular weight excluding hydrogens is 258 g/mol. The maximum Gasteiger partial charge on any atom is 0.307 e. The van der Waals surface area contributed by atoms with E-state index >= 15 is 0 Å². The molecule has 0 spiro atoms. The lowest BCUT2D eigenvalue weighted by molar-refractivity contribution is -0.154. The molecule has 5 heteroatoms. The fourth-order valence-corrected chi connectivity index (χ4v) is 1.12. The Balaban J connectivity index is 0. The fraction of sp³-hybridized carbons (Fsp3) is 0.733. The van der Waals surface area contributed by atoms with Crippen LogP contribution in [0.5, 0.6) is 0 Å². The quantitative estimate of drug-likeness (QED) is 0.422. The number of hydrogen-bond acceptors (Lipinski definition) is 5. The molecule has 0 aliphatic carbocycles. The predicted octanol–water partition coefficient (Wildman–Crippen LogP) is 2.45. The number of rotatable bonds is 8. The minimum atomic E-state index is -0.453. The molecule has 118 valence electrons. The number of carbonyl (C=O) groups excluding carboxylic acids is 2. The van der Waals surface area contributed by atoms with Crippen molar-refractivity contribution in [2.75, 3.05) is 19.7 Å². The molecule has 0 rings (SSSR count). The summed E-state index contributed by atoms with van der Waals surface area (Å²) in [5.41, 5.74) is -0.453. The molecule has 0 radical (unpaired) electrons. The van der Waals surface area contributed by atoms with Crippen LogP contribution in [0.4, 0.5) is 0 Å². The molecule has 5 nitrogen and oxygen atoms in total. The smallest absolute Gasteiger partial charge is 0.307 e. The molecule has 0 fully saturated rings. The van der Waals surface area contributed by atoms with Gasteiger partial charge in [0.05, 0.1) is 12.8 Å². The van der Waals surface area contributed by atoms with Gasteiger partial charge >= 0.3 is 11.9 Å². The number of nitrogens with one attached hydrogen (secondary N) is 1. The van der Waals surface area contributed by atoms with E-state index in [0.29, 0.717) is 19.5 Å². The number of carbonyl (C=O) groups is 2. The summed E-state index contributed by atoms with van der Waals surface area (Å²) in [6, 6.07) is 0. The van der Waals surface area contributed by atoms with Crippen LogP contribution in [0.25, 0.3) is 0 Å². The molecule has 0 atom stereocenters. The topological polar surface area (TPSA) is 64.6 Å². The highest BCUT2D eigenvalue weighted by Gasteiger charge is 2.15. The number of hydrogen-bond donors (Lipinski definition) is 1. The van der Waals surface area contributed by atoms with Gasteiger partial charge in [0.1, 0.15) is 12.2 Å². The van der Waals surface area contributed by atoms with Gasteiger partial charge in [0, 0.05) is 13.1 Å². The summed E-state index contributed by atoms with van der Waals surface area (Å²) in [5.74, 6) is -0.524. The first-order valence-electron chi connectivity index (χ1n) is 7.04. The second-order valence-corrected chi connectivity index (χ2v) is 4.81. The highest BCUT2D eigenvalue weighted by Crippen LogP contribution is 2.07. The highest BCUT2D eigenvalue weighted by atomic mass is 16.6. The molecule has 0 aliphatic rings. The normalized spacial score (nSPS) is 10.1. The Morgan fingerprint density at radius 1 is 1.10 bits per heavy atom. The highest BCUT2D eigenvalue weighted by molar-refractivity contribution is 5.70. The Morgan fingerprint density at radius 2 is 1.60 bits per heavy atom. The van der Waals surface area contributed by atoms with Crippen LogP contribution >= 0.6 is 0 Å². The van der Waals surface area contributed by atoms with Gasteiger partial charge in [-0.05, 0) is 20.8 Å². The lowest BCUT2D eigenvalue weighted by atomic mass is 10.2. The van der Waals surface area contributed by atoms with Crippen LogP contribution < -0.4 is 5.32 Å². The van der Waals surface area contributed by atoms with Crippen molar-refractivity contribution >= 4 is 11.9 Å². The van der Waals surface area contributed by atoms with Crippen LogP contribution in [-0.2, 0) is 19.1 Å². The third kappa shape index (κ3) is 16.6. The van der Waals surface area contributed by atoms with Crippen molar-refractivity contribution in [2.45, 2.75) is 53.1 Å². The molecule has 0 aromatic heterocycles. The van der Waals surface area contributed by atoms with Gasteiger partial charge in [0.2, 0.25) is 0 Å². The standard InChI is InChI=1S/C13H23NO4.C2H6/c1-5-10-17-11(15)6-8-14-9-7-12(16)18-13(2,3)4;1-2/h5,14H,1,6-10H2,2-4H3;1-2H3. The minimum Gasteiger partial charge on any atom is -0.461 e. The first-order valence-corrected chi connectivity index (χ1v) is 7.04. The summed E-state index contributed by atoms with van der Waals surface area (Å²) >= 11 is 0. The average Bonchev–Trinajstić information content (AvgIpc) is 2.36. The van der Waals surface area contributed by atoms with Gasteiger partial charge in [0.15, 0.2) is 0 Å². The van der Waals surface area contributed by atoms with Gasteiger partial charge in [-0.1, -0.05) is 26.5 Å². The summed E-state index contributed by atoms with van der Waals surface area (Å²) in [7, 11) is 0. The van der Waals surface area contributed by atoms with Gasteiger partial charge in [0.25, 0.3) is 0 Å². The van der Waals surface area contributed by atoms with Crippen molar-refractivity contribution in [3.63, 3.8) is 0 Å². The molecule has 0 aromatic carbocycles. The Bertz CT molecular complexity index is 282. The van der Waals surface area contributed by atoms with Crippen LogP contribution in [0.3, 0.4) is 0 Å². The van der Waals surface area contributed by atoms with Crippen molar-refractivity contribution in [2.24, 2.45) is 0 Å². The maximum absolute atomic E-state index is 11.3. The predicted molar refractivity (Wildman–Crippen MR) is 80.5 cm³/mol. The summed E-state index contributed by atoms with van der Waals surface area (Å²) in [4.78, 5) is 22.4. The Kier molecular flexibility index (Phi) is 13.3. The maximum atomic E-state index is 11.3. The van der Waals surface area contributed by atoms with Crippen LogP contribution in [0.1, 0.15) is 47.5 Å². The van der Waals surface area contributed by atoms with E-state index < -0.39 is 5.60 Å². The molecule has 1 N–H and O–H groups in total.